The van der Waals surface area contributed by atoms with Crippen LogP contribution in [0.15, 0.2) is 30.3 Å². The summed E-state index contributed by atoms with van der Waals surface area (Å²) in [7, 11) is 0. The van der Waals surface area contributed by atoms with Gasteiger partial charge in [0.05, 0.1) is 5.69 Å². The first-order valence-electron chi connectivity index (χ1n) is 5.68. The van der Waals surface area contributed by atoms with Gasteiger partial charge in [0.25, 0.3) is 5.91 Å². The van der Waals surface area contributed by atoms with Crippen molar-refractivity contribution in [3.63, 3.8) is 0 Å². The molecule has 0 aliphatic carbocycles. The molecular formula is C14H12F2N2O. The van der Waals surface area contributed by atoms with E-state index in [-0.39, 0.29) is 5.69 Å². The molecule has 0 unspecified atom stereocenters. The summed E-state index contributed by atoms with van der Waals surface area (Å²) < 4.78 is 26.0. The maximum absolute atomic E-state index is 13.4. The summed E-state index contributed by atoms with van der Waals surface area (Å²) in [5.74, 6) is -2.41. The number of halogens is 2. The highest BCUT2D eigenvalue weighted by molar-refractivity contribution is 6.06. The summed E-state index contributed by atoms with van der Waals surface area (Å²) in [5.41, 5.74) is 1.90. The first-order valence-corrected chi connectivity index (χ1v) is 5.68. The third kappa shape index (κ3) is 2.76. The lowest BCUT2D eigenvalue weighted by atomic mass is 10.0. The number of nitrogens with one attached hydrogen (secondary N) is 1. The van der Waals surface area contributed by atoms with Gasteiger partial charge in [-0.2, -0.15) is 13.8 Å². The second-order valence-corrected chi connectivity index (χ2v) is 4.19. The molecular weight excluding hydrogens is 250 g/mol. The number of anilines is 1. The standard InChI is InChI=1S/C14H12F2N2O/c1-8-4-3-5-9(2)12(8)14(19)17-10-6-7-11(15)18-13(10)16/h3-7H,1-2H3,(H,17,19). The molecule has 0 spiro atoms. The number of pyridine rings is 1. The van der Waals surface area contributed by atoms with Crippen LogP contribution in [0.4, 0.5) is 14.5 Å². The minimum absolute atomic E-state index is 0.144. The molecule has 0 aliphatic rings. The molecule has 1 aromatic carbocycles. The number of hydrogen-bond donors (Lipinski definition) is 1. The minimum Gasteiger partial charge on any atom is -0.318 e. The second-order valence-electron chi connectivity index (χ2n) is 4.19. The predicted octanol–water partition coefficient (Wildman–Crippen LogP) is 3.23. The summed E-state index contributed by atoms with van der Waals surface area (Å²) in [5, 5.41) is 2.39. The van der Waals surface area contributed by atoms with E-state index in [1.54, 1.807) is 26.0 Å². The van der Waals surface area contributed by atoms with Crippen molar-refractivity contribution in [2.45, 2.75) is 13.8 Å². The van der Waals surface area contributed by atoms with Gasteiger partial charge in [-0.05, 0) is 37.1 Å². The van der Waals surface area contributed by atoms with Crippen molar-refractivity contribution in [2.24, 2.45) is 0 Å². The van der Waals surface area contributed by atoms with Gasteiger partial charge in [-0.3, -0.25) is 4.79 Å². The quantitative estimate of drug-likeness (QED) is 0.844. The first kappa shape index (κ1) is 13.1. The Hall–Kier alpha value is -2.30. The van der Waals surface area contributed by atoms with E-state index in [1.807, 2.05) is 6.07 Å². The Balaban J connectivity index is 2.31. The van der Waals surface area contributed by atoms with Crippen LogP contribution in [0.2, 0.25) is 0 Å². The van der Waals surface area contributed by atoms with E-state index in [9.17, 15) is 13.6 Å². The van der Waals surface area contributed by atoms with Gasteiger partial charge in [0.1, 0.15) is 0 Å². The Kier molecular flexibility index (Phi) is 3.55. The Morgan fingerprint density at radius 2 is 1.74 bits per heavy atom. The molecule has 1 heterocycles. The molecule has 1 amide bonds. The molecule has 0 fully saturated rings. The molecule has 0 bridgehead atoms. The Bertz CT molecular complexity index is 621. The second kappa shape index (κ2) is 5.14. The third-order valence-electron chi connectivity index (χ3n) is 2.77. The van der Waals surface area contributed by atoms with Gasteiger partial charge < -0.3 is 5.32 Å². The van der Waals surface area contributed by atoms with E-state index in [4.69, 9.17) is 0 Å². The highest BCUT2D eigenvalue weighted by Crippen LogP contribution is 2.17. The smallest absolute Gasteiger partial charge is 0.256 e. The van der Waals surface area contributed by atoms with E-state index in [2.05, 4.69) is 10.3 Å². The number of carbonyl (C=O) groups excluding carboxylic acids is 1. The lowest BCUT2D eigenvalue weighted by Crippen LogP contribution is -2.16. The monoisotopic (exact) mass is 262 g/mol. The molecule has 3 nitrogen and oxygen atoms in total. The van der Waals surface area contributed by atoms with Crippen LogP contribution in [0.3, 0.4) is 0 Å². The van der Waals surface area contributed by atoms with Crippen molar-refractivity contribution in [2.75, 3.05) is 5.32 Å². The first-order chi connectivity index (χ1) is 8.99. The van der Waals surface area contributed by atoms with Crippen molar-refractivity contribution in [3.05, 3.63) is 58.9 Å². The van der Waals surface area contributed by atoms with Crippen LogP contribution in [0.1, 0.15) is 21.5 Å². The molecule has 0 atom stereocenters. The van der Waals surface area contributed by atoms with Crippen LogP contribution in [0.5, 0.6) is 0 Å². The SMILES string of the molecule is Cc1cccc(C)c1C(=O)Nc1ccc(F)nc1F. The maximum Gasteiger partial charge on any atom is 0.256 e. The molecule has 5 heteroatoms. The van der Waals surface area contributed by atoms with Crippen molar-refractivity contribution in [1.29, 1.82) is 0 Å². The van der Waals surface area contributed by atoms with Gasteiger partial charge in [-0.15, -0.1) is 0 Å². The summed E-state index contributed by atoms with van der Waals surface area (Å²) in [6.45, 7) is 3.59. The molecule has 19 heavy (non-hydrogen) atoms. The van der Waals surface area contributed by atoms with Gasteiger partial charge >= 0.3 is 0 Å². The van der Waals surface area contributed by atoms with E-state index in [1.165, 1.54) is 0 Å². The zero-order valence-electron chi connectivity index (χ0n) is 10.5. The van der Waals surface area contributed by atoms with Gasteiger partial charge in [0, 0.05) is 5.56 Å². The maximum atomic E-state index is 13.4. The van der Waals surface area contributed by atoms with E-state index >= 15 is 0 Å². The topological polar surface area (TPSA) is 42.0 Å². The Morgan fingerprint density at radius 3 is 2.32 bits per heavy atom. The molecule has 0 aliphatic heterocycles. The molecule has 0 radical (unpaired) electrons. The zero-order valence-corrected chi connectivity index (χ0v) is 10.5. The van der Waals surface area contributed by atoms with Crippen LogP contribution < -0.4 is 5.32 Å². The molecule has 2 rings (SSSR count). The van der Waals surface area contributed by atoms with E-state index in [0.717, 1.165) is 23.3 Å². The van der Waals surface area contributed by atoms with Crippen LogP contribution >= 0.6 is 0 Å². The average Bonchev–Trinajstić information content (AvgIpc) is 2.32. The van der Waals surface area contributed by atoms with Crippen LogP contribution in [0, 0.1) is 25.7 Å². The summed E-state index contributed by atoms with van der Waals surface area (Å²) in [6, 6.07) is 7.55. The van der Waals surface area contributed by atoms with Crippen LogP contribution in [0.25, 0.3) is 0 Å². The van der Waals surface area contributed by atoms with Crippen molar-refractivity contribution in [3.8, 4) is 0 Å². The number of nitrogens with zero attached hydrogens (tertiary/aromatic N) is 1. The van der Waals surface area contributed by atoms with Crippen LogP contribution in [-0.4, -0.2) is 10.9 Å². The molecule has 2 aromatic rings. The number of carbonyl (C=O) groups is 1. The summed E-state index contributed by atoms with van der Waals surface area (Å²) in [4.78, 5) is 15.1. The van der Waals surface area contributed by atoms with Gasteiger partial charge in [-0.1, -0.05) is 18.2 Å². The van der Waals surface area contributed by atoms with Crippen LogP contribution in [-0.2, 0) is 0 Å². The molecule has 98 valence electrons. The Morgan fingerprint density at radius 1 is 1.11 bits per heavy atom. The van der Waals surface area contributed by atoms with E-state index < -0.39 is 17.8 Å². The third-order valence-corrected chi connectivity index (χ3v) is 2.77. The van der Waals surface area contributed by atoms with Gasteiger partial charge in [0.15, 0.2) is 0 Å². The number of hydrogen-bond acceptors (Lipinski definition) is 2. The molecule has 1 N–H and O–H groups in total. The fourth-order valence-corrected chi connectivity index (χ4v) is 1.86. The van der Waals surface area contributed by atoms with Crippen molar-refractivity contribution < 1.29 is 13.6 Å². The molecule has 1 aromatic heterocycles. The van der Waals surface area contributed by atoms with E-state index in [0.29, 0.717) is 5.56 Å². The summed E-state index contributed by atoms with van der Waals surface area (Å²) in [6.07, 6.45) is 0. The number of aryl methyl sites for hydroxylation is 2. The lowest BCUT2D eigenvalue weighted by Gasteiger charge is -2.10. The summed E-state index contributed by atoms with van der Waals surface area (Å²) >= 11 is 0. The lowest BCUT2D eigenvalue weighted by molar-refractivity contribution is 0.102. The largest absolute Gasteiger partial charge is 0.318 e. The fourth-order valence-electron chi connectivity index (χ4n) is 1.86. The fraction of sp³-hybridized carbons (Fsp3) is 0.143. The average molecular weight is 262 g/mol. The van der Waals surface area contributed by atoms with Crippen molar-refractivity contribution in [1.82, 2.24) is 4.98 Å². The Labute approximate surface area is 109 Å². The predicted molar refractivity (Wildman–Crippen MR) is 68.0 cm³/mol. The van der Waals surface area contributed by atoms with Gasteiger partial charge in [-0.25, -0.2) is 0 Å². The normalized spacial score (nSPS) is 10.3. The molecule has 0 saturated heterocycles. The molecule has 0 saturated carbocycles. The minimum atomic E-state index is -1.04. The highest BCUT2D eigenvalue weighted by Gasteiger charge is 2.14. The number of benzene rings is 1. The number of aromatic nitrogens is 1. The number of rotatable bonds is 2. The highest BCUT2D eigenvalue weighted by atomic mass is 19.1. The van der Waals surface area contributed by atoms with Gasteiger partial charge in [0.2, 0.25) is 11.9 Å². The number of amides is 1. The zero-order chi connectivity index (χ0) is 14.0. The van der Waals surface area contributed by atoms with Crippen molar-refractivity contribution >= 4 is 11.6 Å².